The molecule has 0 spiro atoms. The van der Waals surface area contributed by atoms with Crippen LogP contribution in [0.2, 0.25) is 0 Å². The van der Waals surface area contributed by atoms with Crippen molar-refractivity contribution in [2.75, 3.05) is 10.5 Å². The van der Waals surface area contributed by atoms with E-state index >= 15 is 0 Å². The third-order valence-electron chi connectivity index (χ3n) is 2.93. The molecule has 0 unspecified atom stereocenters. The molecule has 3 N–H and O–H groups in total. The molecule has 0 aliphatic heterocycles. The third-order valence-corrected chi connectivity index (χ3v) is 4.24. The first-order valence-corrected chi connectivity index (χ1v) is 7.61. The van der Waals surface area contributed by atoms with Crippen LogP contribution in [-0.4, -0.2) is 18.4 Å². The minimum absolute atomic E-state index is 0.0167. The summed E-state index contributed by atoms with van der Waals surface area (Å²) in [7, 11) is -3.72. The van der Waals surface area contributed by atoms with Gasteiger partial charge in [-0.3, -0.25) is 4.72 Å². The highest BCUT2D eigenvalue weighted by Crippen LogP contribution is 2.24. The maximum Gasteiger partial charge on any atom is 0.264 e. The minimum Gasteiger partial charge on any atom is -0.368 e. The Balaban J connectivity index is 2.41. The van der Waals surface area contributed by atoms with Crippen LogP contribution in [0, 0.1) is 6.92 Å². The first-order chi connectivity index (χ1) is 9.44. The van der Waals surface area contributed by atoms with Crippen LogP contribution in [0.5, 0.6) is 0 Å². The van der Waals surface area contributed by atoms with Crippen LogP contribution in [0.15, 0.2) is 35.5 Å². The van der Waals surface area contributed by atoms with E-state index in [0.717, 1.165) is 17.5 Å². The maximum absolute atomic E-state index is 12.3. The number of sulfonamides is 1. The molecule has 0 amide bonds. The Morgan fingerprint density at radius 3 is 2.50 bits per heavy atom. The predicted octanol–water partition coefficient (Wildman–Crippen LogP) is 1.73. The third kappa shape index (κ3) is 2.88. The lowest BCUT2D eigenvalue weighted by atomic mass is 10.1. The van der Waals surface area contributed by atoms with E-state index in [4.69, 9.17) is 5.73 Å². The Labute approximate surface area is 118 Å². The van der Waals surface area contributed by atoms with Crippen molar-refractivity contribution in [2.24, 2.45) is 0 Å². The second-order valence-corrected chi connectivity index (χ2v) is 6.03. The Hall–Kier alpha value is -2.15. The lowest BCUT2D eigenvalue weighted by Crippen LogP contribution is -2.16. The van der Waals surface area contributed by atoms with E-state index in [-0.39, 0.29) is 10.8 Å². The van der Waals surface area contributed by atoms with Crippen LogP contribution in [0.1, 0.15) is 18.1 Å². The molecule has 0 fully saturated rings. The van der Waals surface area contributed by atoms with Gasteiger partial charge in [0.05, 0.1) is 18.1 Å². The van der Waals surface area contributed by atoms with Gasteiger partial charge in [-0.25, -0.2) is 18.4 Å². The SMILES string of the molecule is CCc1cccc(C)c1NS(=O)(=O)c1cnc(N)nc1. The predicted molar refractivity (Wildman–Crippen MR) is 77.8 cm³/mol. The number of anilines is 2. The van der Waals surface area contributed by atoms with Crippen LogP contribution < -0.4 is 10.5 Å². The lowest BCUT2D eigenvalue weighted by molar-refractivity contribution is 0.600. The van der Waals surface area contributed by atoms with Gasteiger partial charge < -0.3 is 5.73 Å². The number of para-hydroxylation sites is 1. The number of hydrogen-bond acceptors (Lipinski definition) is 5. The van der Waals surface area contributed by atoms with Gasteiger partial charge in [0.1, 0.15) is 4.90 Å². The van der Waals surface area contributed by atoms with Gasteiger partial charge in [-0.1, -0.05) is 25.1 Å². The fourth-order valence-electron chi connectivity index (χ4n) is 1.83. The summed E-state index contributed by atoms with van der Waals surface area (Å²) >= 11 is 0. The number of hydrogen-bond donors (Lipinski definition) is 2. The van der Waals surface area contributed by atoms with Gasteiger partial charge in [0, 0.05) is 0 Å². The monoisotopic (exact) mass is 292 g/mol. The fraction of sp³-hybridized carbons (Fsp3) is 0.231. The summed E-state index contributed by atoms with van der Waals surface area (Å²) in [5, 5.41) is 0. The van der Waals surface area contributed by atoms with Crippen LogP contribution in [-0.2, 0) is 16.4 Å². The molecule has 2 aromatic rings. The van der Waals surface area contributed by atoms with Crippen LogP contribution in [0.3, 0.4) is 0 Å². The molecule has 20 heavy (non-hydrogen) atoms. The molecule has 0 saturated carbocycles. The van der Waals surface area contributed by atoms with Crippen LogP contribution >= 0.6 is 0 Å². The number of benzene rings is 1. The fourth-order valence-corrected chi connectivity index (χ4v) is 2.89. The normalized spacial score (nSPS) is 11.3. The second-order valence-electron chi connectivity index (χ2n) is 4.35. The largest absolute Gasteiger partial charge is 0.368 e. The number of nitrogens with one attached hydrogen (secondary N) is 1. The highest BCUT2D eigenvalue weighted by molar-refractivity contribution is 7.92. The molecule has 0 radical (unpaired) electrons. The van der Waals surface area contributed by atoms with Crippen molar-refractivity contribution in [1.82, 2.24) is 9.97 Å². The van der Waals surface area contributed by atoms with Crippen molar-refractivity contribution < 1.29 is 8.42 Å². The van der Waals surface area contributed by atoms with Crippen molar-refractivity contribution in [1.29, 1.82) is 0 Å². The van der Waals surface area contributed by atoms with E-state index in [1.807, 2.05) is 32.0 Å². The van der Waals surface area contributed by atoms with E-state index in [1.165, 1.54) is 12.4 Å². The molecule has 2 rings (SSSR count). The molecule has 1 aromatic carbocycles. The molecule has 106 valence electrons. The van der Waals surface area contributed by atoms with Gasteiger partial charge in [-0.2, -0.15) is 0 Å². The number of nitrogen functional groups attached to an aromatic ring is 1. The van der Waals surface area contributed by atoms with Crippen molar-refractivity contribution in [3.8, 4) is 0 Å². The van der Waals surface area contributed by atoms with Gasteiger partial charge >= 0.3 is 0 Å². The molecule has 6 nitrogen and oxygen atoms in total. The molecular weight excluding hydrogens is 276 g/mol. The summed E-state index contributed by atoms with van der Waals surface area (Å²) < 4.78 is 27.2. The molecule has 1 aromatic heterocycles. The second kappa shape index (κ2) is 5.46. The molecule has 0 atom stereocenters. The Bertz CT molecular complexity index is 712. The zero-order valence-electron chi connectivity index (χ0n) is 11.3. The molecule has 1 heterocycles. The lowest BCUT2D eigenvalue weighted by Gasteiger charge is -2.14. The average Bonchev–Trinajstić information content (AvgIpc) is 2.41. The molecule has 0 aliphatic rings. The van der Waals surface area contributed by atoms with Gasteiger partial charge in [-0.05, 0) is 24.5 Å². The van der Waals surface area contributed by atoms with E-state index in [1.54, 1.807) is 0 Å². The number of nitrogens with two attached hydrogens (primary N) is 1. The van der Waals surface area contributed by atoms with E-state index in [0.29, 0.717) is 5.69 Å². The van der Waals surface area contributed by atoms with Crippen molar-refractivity contribution in [3.05, 3.63) is 41.7 Å². The zero-order valence-corrected chi connectivity index (χ0v) is 12.1. The summed E-state index contributed by atoms with van der Waals surface area (Å²) in [6.45, 7) is 3.83. The van der Waals surface area contributed by atoms with Gasteiger partial charge in [0.15, 0.2) is 0 Å². The summed E-state index contributed by atoms with van der Waals surface area (Å²) in [5.41, 5.74) is 7.76. The van der Waals surface area contributed by atoms with Crippen molar-refractivity contribution in [2.45, 2.75) is 25.2 Å². The zero-order chi connectivity index (χ0) is 14.8. The highest BCUT2D eigenvalue weighted by Gasteiger charge is 2.17. The van der Waals surface area contributed by atoms with Crippen molar-refractivity contribution >= 4 is 21.7 Å². The molecule has 0 aliphatic carbocycles. The summed E-state index contributed by atoms with van der Waals surface area (Å²) in [6, 6.07) is 5.65. The minimum atomic E-state index is -3.72. The Kier molecular flexibility index (Phi) is 3.89. The molecule has 0 bridgehead atoms. The summed E-state index contributed by atoms with van der Waals surface area (Å²) in [6.07, 6.45) is 3.11. The summed E-state index contributed by atoms with van der Waals surface area (Å²) in [4.78, 5) is 7.38. The smallest absolute Gasteiger partial charge is 0.264 e. The van der Waals surface area contributed by atoms with E-state index in [9.17, 15) is 8.42 Å². The highest BCUT2D eigenvalue weighted by atomic mass is 32.2. The average molecular weight is 292 g/mol. The standard InChI is InChI=1S/C13H16N4O2S/c1-3-10-6-4-5-9(2)12(10)17-20(18,19)11-7-15-13(14)16-8-11/h4-8,17H,3H2,1-2H3,(H2,14,15,16). The molecule has 0 saturated heterocycles. The maximum atomic E-state index is 12.3. The molecular formula is C13H16N4O2S. The van der Waals surface area contributed by atoms with Crippen LogP contribution in [0.4, 0.5) is 11.6 Å². The van der Waals surface area contributed by atoms with Crippen LogP contribution in [0.25, 0.3) is 0 Å². The van der Waals surface area contributed by atoms with E-state index < -0.39 is 10.0 Å². The number of aromatic nitrogens is 2. The first kappa shape index (κ1) is 14.3. The Morgan fingerprint density at radius 2 is 1.90 bits per heavy atom. The Morgan fingerprint density at radius 1 is 1.25 bits per heavy atom. The number of aryl methyl sites for hydroxylation is 2. The number of rotatable bonds is 4. The van der Waals surface area contributed by atoms with Gasteiger partial charge in [0.2, 0.25) is 5.95 Å². The topological polar surface area (TPSA) is 98.0 Å². The van der Waals surface area contributed by atoms with Crippen molar-refractivity contribution in [3.63, 3.8) is 0 Å². The quantitative estimate of drug-likeness (QED) is 0.894. The van der Waals surface area contributed by atoms with E-state index in [2.05, 4.69) is 14.7 Å². The molecule has 7 heteroatoms. The first-order valence-electron chi connectivity index (χ1n) is 6.13. The van der Waals surface area contributed by atoms with Gasteiger partial charge in [-0.15, -0.1) is 0 Å². The number of nitrogens with zero attached hydrogens (tertiary/aromatic N) is 2. The van der Waals surface area contributed by atoms with Gasteiger partial charge in [0.25, 0.3) is 10.0 Å². The summed E-state index contributed by atoms with van der Waals surface area (Å²) in [5.74, 6) is 0.0362.